The number of rotatable bonds is 19. The maximum Gasteiger partial charge on any atom is 0.0810 e. The first-order valence-corrected chi connectivity index (χ1v) is 11.6. The Morgan fingerprint density at radius 2 is 1.04 bits per heavy atom. The Morgan fingerprint density at radius 3 is 1.42 bits per heavy atom. The molecule has 0 spiro atoms. The van der Waals surface area contributed by atoms with E-state index in [-0.39, 0.29) is 12.4 Å². The fraction of sp³-hybridized carbons (Fsp3) is 1.00. The third-order valence-corrected chi connectivity index (χ3v) is 5.77. The summed E-state index contributed by atoms with van der Waals surface area (Å²) < 4.78 is 6.46. The van der Waals surface area contributed by atoms with E-state index < -0.39 is 0 Å². The molecule has 0 saturated carbocycles. The molecule has 158 valence electrons. The van der Waals surface area contributed by atoms with E-state index >= 15 is 0 Å². The van der Waals surface area contributed by atoms with Crippen molar-refractivity contribution >= 4 is 0 Å². The summed E-state index contributed by atoms with van der Waals surface area (Å²) in [4.78, 5) is 0. The van der Waals surface area contributed by atoms with Gasteiger partial charge in [-0.2, -0.15) is 0 Å². The Morgan fingerprint density at radius 1 is 0.654 bits per heavy atom. The maximum atomic E-state index is 5.25. The third-order valence-electron chi connectivity index (χ3n) is 5.77. The first-order chi connectivity index (χ1) is 12.1. The van der Waals surface area contributed by atoms with Gasteiger partial charge in [0.05, 0.1) is 39.9 Å². The maximum absolute atomic E-state index is 5.25. The molecule has 1 aliphatic heterocycles. The van der Waals surface area contributed by atoms with Gasteiger partial charge in [-0.1, -0.05) is 84.0 Å². The van der Waals surface area contributed by atoms with Crippen LogP contribution in [0.4, 0.5) is 0 Å². The van der Waals surface area contributed by atoms with E-state index in [0.29, 0.717) is 6.10 Å². The molecule has 26 heavy (non-hydrogen) atoms. The first-order valence-electron chi connectivity index (χ1n) is 11.6. The highest BCUT2D eigenvalue weighted by Crippen LogP contribution is 2.18. The van der Waals surface area contributed by atoms with Gasteiger partial charge in [0.2, 0.25) is 0 Å². The fourth-order valence-corrected chi connectivity index (χ4v) is 3.99. The number of hydrogen-bond donors (Lipinski definition) is 0. The molecule has 3 heteroatoms. The first kappa shape index (κ1) is 26.2. The molecule has 1 saturated heterocycles. The molecular weight excluding hydrogens is 342 g/mol. The summed E-state index contributed by atoms with van der Waals surface area (Å²) in [5, 5.41) is 0. The quantitative estimate of drug-likeness (QED) is 0.186. The highest BCUT2D eigenvalue weighted by atomic mass is 35.5. The minimum atomic E-state index is 0. The van der Waals surface area contributed by atoms with Gasteiger partial charge in [0.25, 0.3) is 0 Å². The van der Waals surface area contributed by atoms with Crippen molar-refractivity contribution in [1.82, 2.24) is 0 Å². The molecule has 0 aromatic carbocycles. The van der Waals surface area contributed by atoms with Gasteiger partial charge in [0.15, 0.2) is 0 Å². The van der Waals surface area contributed by atoms with Crippen LogP contribution >= 0.6 is 0 Å². The van der Waals surface area contributed by atoms with Crippen LogP contribution in [0.25, 0.3) is 0 Å². The molecule has 1 atom stereocenters. The van der Waals surface area contributed by atoms with Crippen LogP contribution in [0.5, 0.6) is 0 Å². The molecule has 0 radical (unpaired) electrons. The topological polar surface area (TPSA) is 12.5 Å². The molecule has 1 aliphatic rings. The van der Waals surface area contributed by atoms with Crippen LogP contribution in [0, 0.1) is 0 Å². The molecular formula is C23H48ClNO. The average Bonchev–Trinajstić information content (AvgIpc) is 3.38. The zero-order valence-corrected chi connectivity index (χ0v) is 19.0. The van der Waals surface area contributed by atoms with Gasteiger partial charge in [0, 0.05) is 0 Å². The fourth-order valence-electron chi connectivity index (χ4n) is 3.99. The van der Waals surface area contributed by atoms with Crippen LogP contribution in [0.1, 0.15) is 110 Å². The molecule has 0 bridgehead atoms. The van der Waals surface area contributed by atoms with E-state index in [4.69, 9.17) is 4.74 Å². The summed E-state index contributed by atoms with van der Waals surface area (Å²) in [6, 6.07) is 0. The number of hydrogen-bond acceptors (Lipinski definition) is 1. The van der Waals surface area contributed by atoms with E-state index in [1.165, 1.54) is 120 Å². The zero-order chi connectivity index (χ0) is 18.2. The highest BCUT2D eigenvalue weighted by molar-refractivity contribution is 4.68. The van der Waals surface area contributed by atoms with Gasteiger partial charge in [-0.25, -0.2) is 0 Å². The van der Waals surface area contributed by atoms with Gasteiger partial charge < -0.3 is 21.6 Å². The molecule has 0 aromatic heterocycles. The lowest BCUT2D eigenvalue weighted by molar-refractivity contribution is -0.890. The molecule has 0 aliphatic carbocycles. The van der Waals surface area contributed by atoms with Crippen molar-refractivity contribution in [2.75, 3.05) is 33.8 Å². The van der Waals surface area contributed by atoms with Crippen LogP contribution in [0.3, 0.4) is 0 Å². The summed E-state index contributed by atoms with van der Waals surface area (Å²) in [6.45, 7) is 6.03. The van der Waals surface area contributed by atoms with Gasteiger partial charge in [-0.3, -0.25) is 0 Å². The van der Waals surface area contributed by atoms with Gasteiger partial charge in [-0.15, -0.1) is 0 Å². The monoisotopic (exact) mass is 389 g/mol. The van der Waals surface area contributed by atoms with Crippen LogP contribution in [-0.2, 0) is 4.74 Å². The van der Waals surface area contributed by atoms with Crippen molar-refractivity contribution in [3.63, 3.8) is 0 Å². The Labute approximate surface area is 171 Å². The number of halogens is 1. The van der Waals surface area contributed by atoms with E-state index in [2.05, 4.69) is 21.0 Å². The summed E-state index contributed by atoms with van der Waals surface area (Å²) in [5.41, 5.74) is 0. The number of unbranched alkanes of at least 4 members (excludes halogenated alkanes) is 13. The lowest BCUT2D eigenvalue weighted by Crippen LogP contribution is -3.00. The second-order valence-corrected chi connectivity index (χ2v) is 9.08. The Kier molecular flexibility index (Phi) is 17.5. The standard InChI is InChI=1S/C23H48NO.ClH/c1-4-20-24(2,3)21-18-16-14-12-10-8-6-5-7-9-11-13-15-17-19-23-22-25-23;/h23H,4-22H2,1-3H3;1H/q+1;/p-1. The van der Waals surface area contributed by atoms with Crippen molar-refractivity contribution in [1.29, 1.82) is 0 Å². The summed E-state index contributed by atoms with van der Waals surface area (Å²) in [5.74, 6) is 0. The second kappa shape index (κ2) is 17.3. The molecule has 1 heterocycles. The lowest BCUT2D eigenvalue weighted by atomic mass is 10.0. The predicted octanol–water partition coefficient (Wildman–Crippen LogP) is 3.73. The predicted molar refractivity (Wildman–Crippen MR) is 111 cm³/mol. The van der Waals surface area contributed by atoms with Crippen LogP contribution in [0.15, 0.2) is 0 Å². The van der Waals surface area contributed by atoms with Gasteiger partial charge in [-0.05, 0) is 25.7 Å². The van der Waals surface area contributed by atoms with Gasteiger partial charge in [0.1, 0.15) is 0 Å². The van der Waals surface area contributed by atoms with E-state index in [0.717, 1.165) is 6.61 Å². The minimum absolute atomic E-state index is 0. The minimum Gasteiger partial charge on any atom is -1.00 e. The number of ether oxygens (including phenoxy) is 1. The van der Waals surface area contributed by atoms with E-state index in [1.54, 1.807) is 0 Å². The largest absolute Gasteiger partial charge is 1.00 e. The molecule has 0 amide bonds. The molecule has 0 N–H and O–H groups in total. The molecule has 1 rings (SSSR count). The van der Waals surface area contributed by atoms with Crippen molar-refractivity contribution in [3.8, 4) is 0 Å². The Hall–Kier alpha value is 0.210. The number of nitrogens with zero attached hydrogens (tertiary/aromatic N) is 1. The molecule has 0 aromatic rings. The van der Waals surface area contributed by atoms with Crippen LogP contribution in [0.2, 0.25) is 0 Å². The average molecular weight is 390 g/mol. The Bertz CT molecular complexity index is 292. The van der Waals surface area contributed by atoms with Crippen molar-refractivity contribution in [2.24, 2.45) is 0 Å². The zero-order valence-electron chi connectivity index (χ0n) is 18.2. The van der Waals surface area contributed by atoms with E-state index in [1.807, 2.05) is 0 Å². The molecule has 1 fully saturated rings. The second-order valence-electron chi connectivity index (χ2n) is 9.08. The van der Waals surface area contributed by atoms with Crippen molar-refractivity contribution in [2.45, 2.75) is 116 Å². The number of quaternary nitrogens is 1. The van der Waals surface area contributed by atoms with Crippen LogP contribution < -0.4 is 12.4 Å². The van der Waals surface area contributed by atoms with Crippen LogP contribution in [-0.4, -0.2) is 44.4 Å². The van der Waals surface area contributed by atoms with Crippen molar-refractivity contribution in [3.05, 3.63) is 0 Å². The summed E-state index contributed by atoms with van der Waals surface area (Å²) >= 11 is 0. The SMILES string of the molecule is CCC[N+](C)(C)CCCCCCCCCCCCCCCCC1CO1.[Cl-]. The molecule has 2 nitrogen and oxygen atoms in total. The van der Waals surface area contributed by atoms with Crippen molar-refractivity contribution < 1.29 is 21.6 Å². The number of epoxide rings is 1. The highest BCUT2D eigenvalue weighted by Gasteiger charge is 2.20. The third kappa shape index (κ3) is 17.6. The lowest BCUT2D eigenvalue weighted by Gasteiger charge is -2.29. The smallest absolute Gasteiger partial charge is 0.0810 e. The van der Waals surface area contributed by atoms with E-state index in [9.17, 15) is 0 Å². The summed E-state index contributed by atoms with van der Waals surface area (Å²) in [7, 11) is 4.76. The normalized spacial score (nSPS) is 16.5. The molecule has 1 unspecified atom stereocenters. The van der Waals surface area contributed by atoms with Gasteiger partial charge >= 0.3 is 0 Å². The Balaban J connectivity index is 0.00000625. The summed E-state index contributed by atoms with van der Waals surface area (Å²) in [6.07, 6.45) is 23.6.